The SMILES string of the molecule is C/C(=C(/C)c1c(C)c(C)c2c(c1C)C(C)(C)c1c(C)c(C)c(C)c(C)c1-2)c1c(C)c(C)c(C)c(C)c1C. The van der Waals surface area contributed by atoms with E-state index in [1.54, 1.807) is 5.56 Å². The Morgan fingerprint density at radius 2 is 0.622 bits per heavy atom. The average molecular weight is 493 g/mol. The van der Waals surface area contributed by atoms with Gasteiger partial charge in [0.25, 0.3) is 0 Å². The Kier molecular flexibility index (Phi) is 6.47. The van der Waals surface area contributed by atoms with Crippen LogP contribution >= 0.6 is 0 Å². The number of hydrogen-bond acceptors (Lipinski definition) is 0. The van der Waals surface area contributed by atoms with Crippen LogP contribution in [0.4, 0.5) is 0 Å². The van der Waals surface area contributed by atoms with Gasteiger partial charge in [0.05, 0.1) is 0 Å². The number of benzene rings is 3. The summed E-state index contributed by atoms with van der Waals surface area (Å²) >= 11 is 0. The van der Waals surface area contributed by atoms with Gasteiger partial charge in [0, 0.05) is 5.41 Å². The van der Waals surface area contributed by atoms with Gasteiger partial charge in [-0.3, -0.25) is 0 Å². The first-order valence-electron chi connectivity index (χ1n) is 14.0. The second kappa shape index (κ2) is 8.72. The quantitative estimate of drug-likeness (QED) is 0.312. The molecule has 0 saturated carbocycles. The van der Waals surface area contributed by atoms with E-state index >= 15 is 0 Å². The summed E-state index contributed by atoms with van der Waals surface area (Å²) in [5, 5.41) is 0. The van der Waals surface area contributed by atoms with Gasteiger partial charge < -0.3 is 0 Å². The van der Waals surface area contributed by atoms with Crippen LogP contribution in [0.3, 0.4) is 0 Å². The number of allylic oxidation sites excluding steroid dienone is 2. The second-order valence-electron chi connectivity index (χ2n) is 12.6. The maximum absolute atomic E-state index is 2.46. The summed E-state index contributed by atoms with van der Waals surface area (Å²) in [6.07, 6.45) is 0. The van der Waals surface area contributed by atoms with Gasteiger partial charge in [-0.2, -0.15) is 0 Å². The molecule has 0 amide bonds. The molecule has 0 N–H and O–H groups in total. The third-order valence-electron chi connectivity index (χ3n) is 10.8. The van der Waals surface area contributed by atoms with E-state index in [9.17, 15) is 0 Å². The van der Waals surface area contributed by atoms with Crippen LogP contribution < -0.4 is 0 Å². The predicted molar refractivity (Wildman–Crippen MR) is 165 cm³/mol. The van der Waals surface area contributed by atoms with Crippen LogP contribution in [0, 0.1) is 83.1 Å². The second-order valence-corrected chi connectivity index (χ2v) is 12.6. The minimum atomic E-state index is -0.0215. The molecule has 3 aromatic carbocycles. The van der Waals surface area contributed by atoms with Crippen molar-refractivity contribution in [2.75, 3.05) is 0 Å². The maximum Gasteiger partial charge on any atom is 0.0164 e. The largest absolute Gasteiger partial charge is 0.0516 e. The van der Waals surface area contributed by atoms with Crippen molar-refractivity contribution in [1.82, 2.24) is 0 Å². The Hall–Kier alpha value is -2.60. The van der Waals surface area contributed by atoms with E-state index in [-0.39, 0.29) is 5.41 Å². The minimum Gasteiger partial charge on any atom is -0.0516 e. The lowest BCUT2D eigenvalue weighted by Crippen LogP contribution is -2.20. The maximum atomic E-state index is 2.46. The monoisotopic (exact) mass is 492 g/mol. The predicted octanol–water partition coefficient (Wildman–Crippen LogP) is 10.6. The highest BCUT2D eigenvalue weighted by Crippen LogP contribution is 2.56. The molecule has 37 heavy (non-hydrogen) atoms. The van der Waals surface area contributed by atoms with Crippen molar-refractivity contribution in [3.05, 3.63) is 89.0 Å². The molecule has 0 bridgehead atoms. The van der Waals surface area contributed by atoms with Crippen LogP contribution in [-0.4, -0.2) is 0 Å². The zero-order valence-electron chi connectivity index (χ0n) is 26.5. The molecule has 0 aliphatic heterocycles. The van der Waals surface area contributed by atoms with Gasteiger partial charge in [-0.25, -0.2) is 0 Å². The van der Waals surface area contributed by atoms with Gasteiger partial charge in [0.15, 0.2) is 0 Å². The molecular formula is C37H48. The third-order valence-corrected chi connectivity index (χ3v) is 10.8. The lowest BCUT2D eigenvalue weighted by atomic mass is 9.74. The van der Waals surface area contributed by atoms with Crippen LogP contribution in [0.15, 0.2) is 0 Å². The molecule has 0 heteroatoms. The van der Waals surface area contributed by atoms with E-state index in [0.717, 1.165) is 0 Å². The summed E-state index contributed by atoms with van der Waals surface area (Å²) in [5.74, 6) is 0. The molecule has 196 valence electrons. The van der Waals surface area contributed by atoms with Crippen LogP contribution in [0.5, 0.6) is 0 Å². The lowest BCUT2D eigenvalue weighted by Gasteiger charge is -2.29. The fraction of sp³-hybridized carbons (Fsp3) is 0.459. The van der Waals surface area contributed by atoms with E-state index in [2.05, 4.69) is 111 Å². The van der Waals surface area contributed by atoms with E-state index < -0.39 is 0 Å². The van der Waals surface area contributed by atoms with Crippen LogP contribution in [-0.2, 0) is 5.41 Å². The molecule has 1 aliphatic rings. The van der Waals surface area contributed by atoms with Crippen LogP contribution in [0.1, 0.15) is 117 Å². The molecule has 0 heterocycles. The van der Waals surface area contributed by atoms with Crippen molar-refractivity contribution >= 4 is 11.1 Å². The molecular weight excluding hydrogens is 444 g/mol. The van der Waals surface area contributed by atoms with Crippen molar-refractivity contribution < 1.29 is 0 Å². The van der Waals surface area contributed by atoms with Gasteiger partial charge in [0.1, 0.15) is 0 Å². The summed E-state index contributed by atoms with van der Waals surface area (Å²) < 4.78 is 0. The van der Waals surface area contributed by atoms with Gasteiger partial charge >= 0.3 is 0 Å². The van der Waals surface area contributed by atoms with E-state index in [1.165, 1.54) is 106 Å². The van der Waals surface area contributed by atoms with Crippen molar-refractivity contribution in [3.8, 4) is 11.1 Å². The van der Waals surface area contributed by atoms with Gasteiger partial charge in [-0.15, -0.1) is 0 Å². The Bertz CT molecular complexity index is 1520. The van der Waals surface area contributed by atoms with E-state index in [1.807, 2.05) is 0 Å². The fourth-order valence-electron chi connectivity index (χ4n) is 7.78. The molecule has 0 spiro atoms. The summed E-state index contributed by atoms with van der Waals surface area (Å²) in [7, 11) is 0. The molecule has 0 fully saturated rings. The fourth-order valence-corrected chi connectivity index (χ4v) is 7.78. The Labute approximate surface area is 227 Å². The molecule has 0 radical (unpaired) electrons. The number of rotatable bonds is 2. The molecule has 4 rings (SSSR count). The normalized spacial score (nSPS) is 14.6. The summed E-state index contributed by atoms with van der Waals surface area (Å²) in [6.45, 7) is 37.5. The van der Waals surface area contributed by atoms with Crippen molar-refractivity contribution in [2.45, 2.75) is 116 Å². The van der Waals surface area contributed by atoms with Crippen molar-refractivity contribution in [3.63, 3.8) is 0 Å². The van der Waals surface area contributed by atoms with Crippen LogP contribution in [0.2, 0.25) is 0 Å². The third kappa shape index (κ3) is 3.47. The van der Waals surface area contributed by atoms with Crippen molar-refractivity contribution in [1.29, 1.82) is 0 Å². The summed E-state index contributed by atoms with van der Waals surface area (Å²) in [6, 6.07) is 0. The molecule has 0 unspecified atom stereocenters. The molecule has 0 saturated heterocycles. The standard InChI is InChI=1S/C37H48/c1-17-18(2)22(6)31(23(7)19(17)3)25(9)26(10)32-27(11)28(12)34-33-24(8)20(4)21(5)29(13)35(33)37(15,16)36(34)30(32)14/h1-16H3/b26-25+. The molecule has 3 aromatic rings. The highest BCUT2D eigenvalue weighted by molar-refractivity contribution is 5.97. The first kappa shape index (κ1) is 27.4. The minimum absolute atomic E-state index is 0.0215. The molecule has 0 nitrogen and oxygen atoms in total. The first-order chi connectivity index (χ1) is 17.0. The average Bonchev–Trinajstić information content (AvgIpc) is 3.09. The van der Waals surface area contributed by atoms with Crippen molar-refractivity contribution in [2.24, 2.45) is 0 Å². The lowest BCUT2D eigenvalue weighted by molar-refractivity contribution is 0.648. The van der Waals surface area contributed by atoms with Gasteiger partial charge in [0.2, 0.25) is 0 Å². The van der Waals surface area contributed by atoms with E-state index in [4.69, 9.17) is 0 Å². The smallest absolute Gasteiger partial charge is 0.0164 e. The zero-order valence-corrected chi connectivity index (χ0v) is 26.5. The Balaban J connectivity index is 2.13. The number of fused-ring (bicyclic) bond motifs is 3. The van der Waals surface area contributed by atoms with Gasteiger partial charge in [-0.05, 0) is 208 Å². The zero-order chi connectivity index (χ0) is 28.0. The van der Waals surface area contributed by atoms with E-state index in [0.29, 0.717) is 0 Å². The Morgan fingerprint density at radius 1 is 0.351 bits per heavy atom. The van der Waals surface area contributed by atoms with Gasteiger partial charge in [-0.1, -0.05) is 13.8 Å². The summed E-state index contributed by atoms with van der Waals surface area (Å²) in [4.78, 5) is 0. The summed E-state index contributed by atoms with van der Waals surface area (Å²) in [5.41, 5.74) is 29.1. The highest BCUT2D eigenvalue weighted by Gasteiger charge is 2.42. The molecule has 1 aliphatic carbocycles. The topological polar surface area (TPSA) is 0 Å². The highest BCUT2D eigenvalue weighted by atomic mass is 14.4. The van der Waals surface area contributed by atoms with Crippen LogP contribution in [0.25, 0.3) is 22.3 Å². The Morgan fingerprint density at radius 3 is 1.08 bits per heavy atom. The first-order valence-corrected chi connectivity index (χ1v) is 14.0. The number of hydrogen-bond donors (Lipinski definition) is 0. The molecule has 0 atom stereocenters. The molecule has 0 aromatic heterocycles.